The van der Waals surface area contributed by atoms with Gasteiger partial charge in [-0.2, -0.15) is 0 Å². The third-order valence-electron chi connectivity index (χ3n) is 6.07. The van der Waals surface area contributed by atoms with Crippen molar-refractivity contribution in [2.75, 3.05) is 0 Å². The molecule has 0 saturated heterocycles. The van der Waals surface area contributed by atoms with Gasteiger partial charge in [-0.05, 0) is 103 Å². The molecule has 0 spiro atoms. The second-order valence-corrected chi connectivity index (χ2v) is 14.5. The maximum absolute atomic E-state index is 14.2. The van der Waals surface area contributed by atoms with Crippen molar-refractivity contribution in [3.8, 4) is 0 Å². The van der Waals surface area contributed by atoms with E-state index in [1.54, 1.807) is 13.8 Å². The van der Waals surface area contributed by atoms with Gasteiger partial charge in [0.25, 0.3) is 0 Å². The highest BCUT2D eigenvalue weighted by Gasteiger charge is 2.30. The summed E-state index contributed by atoms with van der Waals surface area (Å²) in [6.45, 7) is 3.47. The van der Waals surface area contributed by atoms with Crippen LogP contribution in [0.1, 0.15) is 20.3 Å². The molecular weight excluding hydrogens is 562 g/mol. The Kier molecular flexibility index (Phi) is 9.08. The fraction of sp³-hybridized carbons (Fsp3) is 0.172. The molecule has 0 heterocycles. The molecule has 0 fully saturated rings. The summed E-state index contributed by atoms with van der Waals surface area (Å²) in [5.74, 6) is -6.87. The lowest BCUT2D eigenvalue weighted by Crippen LogP contribution is -2.27. The fourth-order valence-corrected chi connectivity index (χ4v) is 10.7. The molecule has 0 aliphatic carbocycles. The van der Waals surface area contributed by atoms with Gasteiger partial charge >= 0.3 is 0 Å². The Morgan fingerprint density at radius 2 is 0.564 bits per heavy atom. The molecule has 4 aromatic carbocycles. The zero-order chi connectivity index (χ0) is 28.4. The highest BCUT2D eigenvalue weighted by atomic mass is 31.1. The Labute approximate surface area is 223 Å². The first-order chi connectivity index (χ1) is 18.4. The average Bonchev–Trinajstić information content (AvgIpc) is 2.76. The summed E-state index contributed by atoms with van der Waals surface area (Å²) < 4.78 is 114. The first-order valence-corrected chi connectivity index (χ1v) is 14.6. The van der Waals surface area contributed by atoms with Crippen LogP contribution in [0.5, 0.6) is 0 Å². The van der Waals surface area contributed by atoms with Crippen LogP contribution in [-0.4, -0.2) is 11.3 Å². The van der Waals surface area contributed by atoms with E-state index < -0.39 is 73.7 Å². The number of benzene rings is 4. The van der Waals surface area contributed by atoms with Gasteiger partial charge in [0.05, 0.1) is 0 Å². The maximum atomic E-state index is 14.2. The molecule has 0 aromatic heterocycles. The number of hydrogen-bond donors (Lipinski definition) is 0. The Balaban J connectivity index is 1.79. The zero-order valence-electron chi connectivity index (χ0n) is 20.7. The number of halogens is 8. The minimum Gasteiger partial charge on any atom is -0.207 e. The minimum atomic E-state index is -1.74. The van der Waals surface area contributed by atoms with Gasteiger partial charge in [0.2, 0.25) is 0 Å². The molecule has 4 aromatic rings. The largest absolute Gasteiger partial charge is 0.207 e. The summed E-state index contributed by atoms with van der Waals surface area (Å²) in [6.07, 6.45) is 0.226. The first kappa shape index (κ1) is 29.2. The van der Waals surface area contributed by atoms with Gasteiger partial charge in [-0.15, -0.1) is 0 Å². The van der Waals surface area contributed by atoms with Crippen LogP contribution in [-0.2, 0) is 0 Å². The van der Waals surface area contributed by atoms with Crippen molar-refractivity contribution >= 4 is 37.1 Å². The van der Waals surface area contributed by atoms with Crippen molar-refractivity contribution in [3.05, 3.63) is 119 Å². The molecule has 0 N–H and O–H groups in total. The van der Waals surface area contributed by atoms with Crippen LogP contribution in [0.25, 0.3) is 0 Å². The smallest absolute Gasteiger partial charge is 0.126 e. The van der Waals surface area contributed by atoms with Crippen LogP contribution in [0, 0.1) is 46.5 Å². The third-order valence-corrected chi connectivity index (χ3v) is 11.5. The average molecular weight is 584 g/mol. The van der Waals surface area contributed by atoms with Crippen LogP contribution >= 0.6 is 15.8 Å². The monoisotopic (exact) mass is 584 g/mol. The molecule has 0 radical (unpaired) electrons. The molecular formula is C29H22F8P2. The lowest BCUT2D eigenvalue weighted by atomic mass is 10.2. The summed E-state index contributed by atoms with van der Waals surface area (Å²) in [7, 11) is -3.49. The van der Waals surface area contributed by atoms with Crippen LogP contribution in [0.4, 0.5) is 35.1 Å². The molecule has 0 nitrogen and oxygen atoms in total. The van der Waals surface area contributed by atoms with Crippen molar-refractivity contribution in [2.45, 2.75) is 31.6 Å². The van der Waals surface area contributed by atoms with Crippen molar-refractivity contribution in [1.82, 2.24) is 0 Å². The van der Waals surface area contributed by atoms with Gasteiger partial charge < -0.3 is 0 Å². The standard InChI is InChI=1S/C29H22F8P2/c1-16(38(26-8-18(30)4-19(31)9-26)27-10-20(32)5-21(33)11-27)3-17(2)39(28-12-22(34)6-23(35)13-28)29-14-24(36)7-25(37)15-29/h4-17H,3H2,1-2H3/t16-,17-/m1/s1. The van der Waals surface area contributed by atoms with E-state index in [0.29, 0.717) is 24.3 Å². The molecule has 10 heteroatoms. The van der Waals surface area contributed by atoms with Crippen molar-refractivity contribution < 1.29 is 35.1 Å². The highest BCUT2D eigenvalue weighted by molar-refractivity contribution is 7.74. The van der Waals surface area contributed by atoms with E-state index in [9.17, 15) is 35.1 Å². The van der Waals surface area contributed by atoms with Gasteiger partial charge in [-0.3, -0.25) is 0 Å². The highest BCUT2D eigenvalue weighted by Crippen LogP contribution is 2.48. The molecule has 0 amide bonds. The van der Waals surface area contributed by atoms with Crippen LogP contribution in [0.3, 0.4) is 0 Å². The van der Waals surface area contributed by atoms with Crippen LogP contribution in [0.15, 0.2) is 72.8 Å². The molecule has 4 rings (SSSR count). The van der Waals surface area contributed by atoms with Crippen LogP contribution < -0.4 is 21.2 Å². The Bertz CT molecular complexity index is 1200. The van der Waals surface area contributed by atoms with E-state index in [1.165, 1.54) is 0 Å². The molecule has 39 heavy (non-hydrogen) atoms. The molecule has 0 aliphatic rings. The summed E-state index contributed by atoms with van der Waals surface area (Å²) in [4.78, 5) is 0. The van der Waals surface area contributed by atoms with Crippen molar-refractivity contribution in [2.24, 2.45) is 0 Å². The van der Waals surface area contributed by atoms with Crippen molar-refractivity contribution in [1.29, 1.82) is 0 Å². The predicted molar refractivity (Wildman–Crippen MR) is 141 cm³/mol. The third kappa shape index (κ3) is 7.23. The van der Waals surface area contributed by atoms with Gasteiger partial charge in [0, 0.05) is 24.3 Å². The van der Waals surface area contributed by atoms with E-state index in [-0.39, 0.29) is 27.6 Å². The van der Waals surface area contributed by atoms with E-state index in [1.807, 2.05) is 0 Å². The molecule has 204 valence electrons. The minimum absolute atomic E-state index is 0.199. The number of rotatable bonds is 8. The molecule has 2 atom stereocenters. The van der Waals surface area contributed by atoms with Crippen LogP contribution in [0.2, 0.25) is 0 Å². The maximum Gasteiger partial charge on any atom is 0.126 e. The second kappa shape index (κ2) is 12.1. The Hall–Kier alpha value is -2.82. The zero-order valence-corrected chi connectivity index (χ0v) is 22.5. The SMILES string of the molecule is C[C@H](C[C@@H](C)P(c1cc(F)cc(F)c1)c1cc(F)cc(F)c1)P(c1cc(F)cc(F)c1)c1cc(F)cc(F)c1. The summed E-state index contributed by atoms with van der Waals surface area (Å²) >= 11 is 0. The van der Waals surface area contributed by atoms with Gasteiger partial charge in [-0.1, -0.05) is 13.8 Å². The first-order valence-electron chi connectivity index (χ1n) is 11.8. The lowest BCUT2D eigenvalue weighted by Gasteiger charge is -2.32. The molecule has 0 bridgehead atoms. The summed E-state index contributed by atoms with van der Waals surface area (Å²) in [6, 6.07) is 11.6. The molecule has 0 unspecified atom stereocenters. The summed E-state index contributed by atoms with van der Waals surface area (Å²) in [5, 5.41) is 0.797. The fourth-order valence-electron chi connectivity index (χ4n) is 4.73. The van der Waals surface area contributed by atoms with Gasteiger partial charge in [-0.25, -0.2) is 35.1 Å². The second-order valence-electron chi connectivity index (χ2n) is 9.18. The lowest BCUT2D eigenvalue weighted by molar-refractivity contribution is 0.584. The number of hydrogen-bond acceptors (Lipinski definition) is 0. The van der Waals surface area contributed by atoms with E-state index in [0.717, 1.165) is 48.5 Å². The topological polar surface area (TPSA) is 0 Å². The quantitative estimate of drug-likeness (QED) is 0.148. The normalized spacial score (nSPS) is 13.2. The Morgan fingerprint density at radius 1 is 0.385 bits per heavy atom. The van der Waals surface area contributed by atoms with E-state index in [4.69, 9.17) is 0 Å². The van der Waals surface area contributed by atoms with Gasteiger partial charge in [0.1, 0.15) is 46.5 Å². The van der Waals surface area contributed by atoms with Crippen molar-refractivity contribution in [3.63, 3.8) is 0 Å². The predicted octanol–water partition coefficient (Wildman–Crippen LogP) is 7.53. The molecule has 0 aliphatic heterocycles. The summed E-state index contributed by atoms with van der Waals surface area (Å²) in [5.41, 5.74) is -0.946. The van der Waals surface area contributed by atoms with E-state index >= 15 is 0 Å². The van der Waals surface area contributed by atoms with E-state index in [2.05, 4.69) is 0 Å². The van der Waals surface area contributed by atoms with Gasteiger partial charge in [0.15, 0.2) is 0 Å². The Morgan fingerprint density at radius 3 is 0.744 bits per heavy atom. The molecule has 0 saturated carbocycles.